The number of phenols is 1. The molecule has 1 unspecified atom stereocenters. The second kappa shape index (κ2) is 7.00. The van der Waals surface area contributed by atoms with Crippen LogP contribution in [0.4, 0.5) is 5.69 Å². The molecule has 2 aromatic carbocycles. The Morgan fingerprint density at radius 2 is 1.54 bits per heavy atom. The first-order valence-electron chi connectivity index (χ1n) is 8.64. The molecular formula is C22H16N2O4. The summed E-state index contributed by atoms with van der Waals surface area (Å²) in [6, 6.07) is 17.3. The van der Waals surface area contributed by atoms with Gasteiger partial charge in [0.05, 0.1) is 17.3 Å². The van der Waals surface area contributed by atoms with Crippen LogP contribution < -0.4 is 4.90 Å². The van der Waals surface area contributed by atoms with Gasteiger partial charge in [-0.25, -0.2) is 0 Å². The molecule has 6 heteroatoms. The van der Waals surface area contributed by atoms with Crippen molar-refractivity contribution in [2.24, 2.45) is 0 Å². The third kappa shape index (κ3) is 2.81. The van der Waals surface area contributed by atoms with Crippen LogP contribution in [0.15, 0.2) is 84.7 Å². The van der Waals surface area contributed by atoms with Crippen molar-refractivity contribution in [3.63, 3.8) is 0 Å². The van der Waals surface area contributed by atoms with Gasteiger partial charge in [0.25, 0.3) is 11.7 Å². The number of hydrogen-bond donors (Lipinski definition) is 2. The Morgan fingerprint density at radius 3 is 2.21 bits per heavy atom. The van der Waals surface area contributed by atoms with Crippen LogP contribution in [0.5, 0.6) is 5.75 Å². The van der Waals surface area contributed by atoms with E-state index in [2.05, 4.69) is 4.98 Å². The predicted octanol–water partition coefficient (Wildman–Crippen LogP) is 3.41. The van der Waals surface area contributed by atoms with Crippen LogP contribution in [0, 0.1) is 0 Å². The maximum Gasteiger partial charge on any atom is 0.300 e. The van der Waals surface area contributed by atoms with Crippen molar-refractivity contribution in [1.82, 2.24) is 4.98 Å². The molecule has 1 atom stereocenters. The van der Waals surface area contributed by atoms with Crippen molar-refractivity contribution in [2.45, 2.75) is 6.04 Å². The van der Waals surface area contributed by atoms with Gasteiger partial charge in [-0.3, -0.25) is 19.5 Å². The third-order valence-electron chi connectivity index (χ3n) is 4.65. The number of amides is 1. The number of Topliss-reactive ketones (excluding diaryl/α,β-unsaturated/α-hetero) is 1. The number of aliphatic hydroxyl groups is 1. The highest BCUT2D eigenvalue weighted by atomic mass is 16.3. The van der Waals surface area contributed by atoms with Crippen molar-refractivity contribution >= 4 is 23.1 Å². The van der Waals surface area contributed by atoms with Crippen molar-refractivity contribution in [2.75, 3.05) is 4.90 Å². The minimum absolute atomic E-state index is 0.0364. The molecule has 138 valence electrons. The van der Waals surface area contributed by atoms with Gasteiger partial charge < -0.3 is 10.2 Å². The standard InChI is InChI=1S/C22H16N2O4/c25-17-9-5-4-8-16(17)24-19(14-10-12-23-13-11-14)18(21(27)22(24)28)20(26)15-6-2-1-3-7-15/h1-13,19,25-26H/b20-18+. The fraction of sp³-hybridized carbons (Fsp3) is 0.0455. The predicted molar refractivity (Wildman–Crippen MR) is 104 cm³/mol. The molecule has 0 bridgehead atoms. The zero-order valence-electron chi connectivity index (χ0n) is 14.7. The lowest BCUT2D eigenvalue weighted by Crippen LogP contribution is -2.29. The molecule has 1 aliphatic rings. The number of carbonyl (C=O) groups excluding carboxylic acids is 2. The largest absolute Gasteiger partial charge is 0.507 e. The van der Waals surface area contributed by atoms with Crippen LogP contribution in [0.1, 0.15) is 17.2 Å². The summed E-state index contributed by atoms with van der Waals surface area (Å²) < 4.78 is 0. The summed E-state index contributed by atoms with van der Waals surface area (Å²) in [7, 11) is 0. The summed E-state index contributed by atoms with van der Waals surface area (Å²) in [5.41, 5.74) is 1.18. The van der Waals surface area contributed by atoms with E-state index in [0.29, 0.717) is 11.1 Å². The van der Waals surface area contributed by atoms with Crippen LogP contribution in [0.2, 0.25) is 0 Å². The lowest BCUT2D eigenvalue weighted by atomic mass is 9.96. The number of aromatic nitrogens is 1. The van der Waals surface area contributed by atoms with Gasteiger partial charge in [0.15, 0.2) is 0 Å². The zero-order valence-corrected chi connectivity index (χ0v) is 14.7. The van der Waals surface area contributed by atoms with Gasteiger partial charge in [0.2, 0.25) is 0 Å². The number of ketones is 1. The van der Waals surface area contributed by atoms with Crippen LogP contribution in [-0.4, -0.2) is 26.9 Å². The Labute approximate surface area is 161 Å². The van der Waals surface area contributed by atoms with E-state index in [-0.39, 0.29) is 22.8 Å². The lowest BCUT2D eigenvalue weighted by Gasteiger charge is -2.25. The van der Waals surface area contributed by atoms with Crippen molar-refractivity contribution < 1.29 is 19.8 Å². The molecule has 1 aromatic heterocycles. The zero-order chi connectivity index (χ0) is 19.7. The second-order valence-corrected chi connectivity index (χ2v) is 6.30. The lowest BCUT2D eigenvalue weighted by molar-refractivity contribution is -0.132. The average molecular weight is 372 g/mol. The Bertz CT molecular complexity index is 1080. The van der Waals surface area contributed by atoms with Gasteiger partial charge in [0, 0.05) is 18.0 Å². The average Bonchev–Trinajstić information content (AvgIpc) is 3.00. The van der Waals surface area contributed by atoms with E-state index in [1.54, 1.807) is 73.1 Å². The van der Waals surface area contributed by atoms with E-state index in [1.807, 2.05) is 0 Å². The number of nitrogens with zero attached hydrogens (tertiary/aromatic N) is 2. The van der Waals surface area contributed by atoms with Crippen molar-refractivity contribution in [3.05, 3.63) is 95.8 Å². The highest BCUT2D eigenvalue weighted by Gasteiger charge is 2.47. The quantitative estimate of drug-likeness (QED) is 0.418. The molecule has 2 N–H and O–H groups in total. The number of aliphatic hydroxyl groups excluding tert-OH is 1. The molecule has 0 radical (unpaired) electrons. The summed E-state index contributed by atoms with van der Waals surface area (Å²) in [5.74, 6) is -2.03. The van der Waals surface area contributed by atoms with E-state index in [4.69, 9.17) is 0 Å². The number of benzene rings is 2. The Morgan fingerprint density at radius 1 is 0.893 bits per heavy atom. The second-order valence-electron chi connectivity index (χ2n) is 6.30. The maximum atomic E-state index is 12.9. The van der Waals surface area contributed by atoms with Gasteiger partial charge in [0.1, 0.15) is 11.5 Å². The first kappa shape index (κ1) is 17.5. The van der Waals surface area contributed by atoms with Gasteiger partial charge in [-0.1, -0.05) is 42.5 Å². The number of para-hydroxylation sites is 2. The minimum Gasteiger partial charge on any atom is -0.507 e. The highest BCUT2D eigenvalue weighted by molar-refractivity contribution is 6.51. The fourth-order valence-electron chi connectivity index (χ4n) is 3.36. The van der Waals surface area contributed by atoms with E-state index in [9.17, 15) is 19.8 Å². The van der Waals surface area contributed by atoms with Gasteiger partial charge in [-0.15, -0.1) is 0 Å². The van der Waals surface area contributed by atoms with Gasteiger partial charge in [-0.05, 0) is 29.8 Å². The molecule has 1 saturated heterocycles. The summed E-state index contributed by atoms with van der Waals surface area (Å²) in [5, 5.41) is 21.2. The van der Waals surface area contributed by atoms with Crippen LogP contribution in [-0.2, 0) is 9.59 Å². The summed E-state index contributed by atoms with van der Waals surface area (Å²) in [6.45, 7) is 0. The molecule has 0 spiro atoms. The normalized spacial score (nSPS) is 18.4. The molecule has 2 heterocycles. The molecule has 28 heavy (non-hydrogen) atoms. The minimum atomic E-state index is -0.892. The number of phenolic OH excluding ortho intramolecular Hbond substituents is 1. The molecule has 3 aromatic rings. The van der Waals surface area contributed by atoms with Gasteiger partial charge in [-0.2, -0.15) is 0 Å². The van der Waals surface area contributed by atoms with Crippen LogP contribution in [0.3, 0.4) is 0 Å². The molecule has 0 saturated carbocycles. The number of anilines is 1. The molecule has 6 nitrogen and oxygen atoms in total. The molecule has 1 fully saturated rings. The summed E-state index contributed by atoms with van der Waals surface area (Å²) >= 11 is 0. The molecule has 1 amide bonds. The summed E-state index contributed by atoms with van der Waals surface area (Å²) in [6.07, 6.45) is 3.09. The van der Waals surface area contributed by atoms with E-state index in [0.717, 1.165) is 0 Å². The van der Waals surface area contributed by atoms with E-state index in [1.165, 1.54) is 11.0 Å². The van der Waals surface area contributed by atoms with Crippen LogP contribution in [0.25, 0.3) is 5.76 Å². The SMILES string of the molecule is O=C1C(=O)N(c2ccccc2O)C(c2ccncc2)/C1=C(\O)c1ccccc1. The topological polar surface area (TPSA) is 90.7 Å². The number of rotatable bonds is 3. The summed E-state index contributed by atoms with van der Waals surface area (Å²) in [4.78, 5) is 31.0. The van der Waals surface area contributed by atoms with E-state index >= 15 is 0 Å². The Balaban J connectivity index is 1.97. The number of aromatic hydroxyl groups is 1. The molecule has 0 aliphatic carbocycles. The number of pyridine rings is 1. The maximum absolute atomic E-state index is 12.9. The number of carbonyl (C=O) groups is 2. The molecule has 1 aliphatic heterocycles. The number of hydrogen-bond acceptors (Lipinski definition) is 5. The fourth-order valence-corrected chi connectivity index (χ4v) is 3.36. The van der Waals surface area contributed by atoms with Crippen LogP contribution >= 0.6 is 0 Å². The van der Waals surface area contributed by atoms with Crippen molar-refractivity contribution in [3.8, 4) is 5.75 Å². The third-order valence-corrected chi connectivity index (χ3v) is 4.65. The Kier molecular flexibility index (Phi) is 4.37. The molecule has 4 rings (SSSR count). The monoisotopic (exact) mass is 372 g/mol. The first-order valence-corrected chi connectivity index (χ1v) is 8.64. The Hall–Kier alpha value is -3.93. The molecular weight excluding hydrogens is 356 g/mol. The smallest absolute Gasteiger partial charge is 0.300 e. The van der Waals surface area contributed by atoms with Crippen molar-refractivity contribution in [1.29, 1.82) is 0 Å². The van der Waals surface area contributed by atoms with E-state index < -0.39 is 17.7 Å². The van der Waals surface area contributed by atoms with Gasteiger partial charge >= 0.3 is 0 Å². The first-order chi connectivity index (χ1) is 13.6. The highest BCUT2D eigenvalue weighted by Crippen LogP contribution is 2.44.